The predicted molar refractivity (Wildman–Crippen MR) is 133 cm³/mol. The first-order chi connectivity index (χ1) is 15.4. The molecule has 172 valence electrons. The molecule has 0 atom stereocenters. The summed E-state index contributed by atoms with van der Waals surface area (Å²) in [6, 6.07) is 2.10. The van der Waals surface area contributed by atoms with Crippen molar-refractivity contribution in [2.24, 2.45) is 0 Å². The van der Waals surface area contributed by atoms with Crippen LogP contribution in [0.2, 0.25) is 0 Å². The van der Waals surface area contributed by atoms with E-state index in [-0.39, 0.29) is 17.0 Å². The molecule has 0 bridgehead atoms. The van der Waals surface area contributed by atoms with Crippen molar-refractivity contribution < 1.29 is 9.53 Å². The van der Waals surface area contributed by atoms with Gasteiger partial charge in [0.15, 0.2) is 0 Å². The maximum absolute atomic E-state index is 13.2. The summed E-state index contributed by atoms with van der Waals surface area (Å²) >= 11 is 6.75. The molecule has 9 heteroatoms. The Morgan fingerprint density at radius 1 is 1.16 bits per heavy atom. The first kappa shape index (κ1) is 24.5. The van der Waals surface area contributed by atoms with Crippen molar-refractivity contribution in [3.8, 4) is 6.07 Å². The highest BCUT2D eigenvalue weighted by Gasteiger charge is 2.33. The van der Waals surface area contributed by atoms with Crippen LogP contribution in [0.5, 0.6) is 0 Å². The number of amides is 1. The zero-order valence-corrected chi connectivity index (χ0v) is 20.6. The van der Waals surface area contributed by atoms with Gasteiger partial charge in [0, 0.05) is 31.7 Å². The second-order valence-corrected chi connectivity index (χ2v) is 9.62. The summed E-state index contributed by atoms with van der Waals surface area (Å²) in [5.74, 6) is 0.660. The van der Waals surface area contributed by atoms with Crippen molar-refractivity contribution in [1.29, 1.82) is 5.26 Å². The van der Waals surface area contributed by atoms with Gasteiger partial charge in [-0.25, -0.2) is 0 Å². The molecule has 2 aliphatic rings. The summed E-state index contributed by atoms with van der Waals surface area (Å²) in [4.78, 5) is 30.6. The minimum Gasteiger partial charge on any atom is -0.378 e. The van der Waals surface area contributed by atoms with Crippen molar-refractivity contribution in [1.82, 2.24) is 9.47 Å². The van der Waals surface area contributed by atoms with Crippen LogP contribution in [0.4, 0.5) is 5.82 Å². The smallest absolute Gasteiger partial charge is 0.270 e. The van der Waals surface area contributed by atoms with Crippen LogP contribution in [0.25, 0.3) is 6.08 Å². The molecule has 0 unspecified atom stereocenters. The number of carbonyl (C=O) groups is 1. The fourth-order valence-corrected chi connectivity index (χ4v) is 5.21. The van der Waals surface area contributed by atoms with Crippen molar-refractivity contribution in [3.05, 3.63) is 31.9 Å². The van der Waals surface area contributed by atoms with Gasteiger partial charge in [0.2, 0.25) is 0 Å². The van der Waals surface area contributed by atoms with Crippen molar-refractivity contribution in [2.75, 3.05) is 37.7 Å². The number of aromatic nitrogens is 1. The molecule has 2 saturated heterocycles. The lowest BCUT2D eigenvalue weighted by Crippen LogP contribution is -2.41. The van der Waals surface area contributed by atoms with Crippen LogP contribution in [-0.4, -0.2) is 52.5 Å². The van der Waals surface area contributed by atoms with Crippen LogP contribution in [0.3, 0.4) is 0 Å². The molecule has 0 aromatic carbocycles. The minimum atomic E-state index is -0.271. The lowest BCUT2D eigenvalue weighted by molar-refractivity contribution is -0.122. The summed E-state index contributed by atoms with van der Waals surface area (Å²) in [6.07, 6.45) is 5.44. The Balaban J connectivity index is 2.18. The fraction of sp³-hybridized carbons (Fsp3) is 0.565. The molecule has 2 fully saturated rings. The Labute approximate surface area is 199 Å². The molecule has 0 N–H and O–H groups in total. The van der Waals surface area contributed by atoms with E-state index in [9.17, 15) is 14.9 Å². The number of ether oxygens (including phenoxy) is 1. The Morgan fingerprint density at radius 2 is 1.81 bits per heavy atom. The van der Waals surface area contributed by atoms with Crippen LogP contribution >= 0.6 is 24.0 Å². The quantitative estimate of drug-likeness (QED) is 0.420. The number of thiocarbonyl (C=S) groups is 1. The van der Waals surface area contributed by atoms with E-state index < -0.39 is 0 Å². The van der Waals surface area contributed by atoms with Gasteiger partial charge in [0.05, 0.1) is 18.1 Å². The predicted octanol–water partition coefficient (Wildman–Crippen LogP) is 3.67. The van der Waals surface area contributed by atoms with Crippen LogP contribution in [-0.2, 0) is 16.1 Å². The van der Waals surface area contributed by atoms with E-state index in [1.165, 1.54) is 11.8 Å². The van der Waals surface area contributed by atoms with Gasteiger partial charge in [-0.1, -0.05) is 50.7 Å². The molecule has 7 nitrogen and oxygen atoms in total. The number of morpholine rings is 1. The summed E-state index contributed by atoms with van der Waals surface area (Å²) in [6.45, 7) is 9.50. The molecule has 0 aliphatic carbocycles. The number of hydrogen-bond donors (Lipinski definition) is 0. The second-order valence-electron chi connectivity index (χ2n) is 7.95. The van der Waals surface area contributed by atoms with Crippen LogP contribution in [0.15, 0.2) is 9.70 Å². The molecular weight excluding hydrogens is 444 g/mol. The topological polar surface area (TPSA) is 78.6 Å². The van der Waals surface area contributed by atoms with Gasteiger partial charge in [-0.15, -0.1) is 0 Å². The van der Waals surface area contributed by atoms with Gasteiger partial charge in [0.1, 0.15) is 21.8 Å². The SMILES string of the molecule is CCCCN1C(=O)/C(=C/c2c(C)c(C#N)c(=O)n(CCCC)c2N2CCOCC2)SC1=S. The molecule has 2 aliphatic heterocycles. The maximum Gasteiger partial charge on any atom is 0.270 e. The van der Waals surface area contributed by atoms with Crippen molar-refractivity contribution >= 4 is 46.1 Å². The molecule has 1 aromatic rings. The third-order valence-corrected chi connectivity index (χ3v) is 7.15. The Morgan fingerprint density at radius 3 is 2.44 bits per heavy atom. The lowest BCUT2D eigenvalue weighted by Gasteiger charge is -2.33. The number of carbonyl (C=O) groups excluding carboxylic acids is 1. The van der Waals surface area contributed by atoms with Crippen molar-refractivity contribution in [2.45, 2.75) is 53.0 Å². The normalized spacial score (nSPS) is 18.0. The number of rotatable bonds is 8. The van der Waals surface area contributed by atoms with E-state index in [1.807, 2.05) is 6.08 Å². The average Bonchev–Trinajstić information content (AvgIpc) is 3.06. The molecule has 3 rings (SSSR count). The van der Waals surface area contributed by atoms with E-state index in [1.54, 1.807) is 16.4 Å². The van der Waals surface area contributed by atoms with Crippen LogP contribution in [0.1, 0.15) is 56.2 Å². The van der Waals surface area contributed by atoms with Crippen LogP contribution in [0, 0.1) is 18.3 Å². The standard InChI is InChI=1S/C23H30N4O3S2/c1-4-6-8-26-20(25-10-12-30-13-11-25)17(16(3)18(15-24)21(26)28)14-19-22(29)27(9-7-5-2)23(31)32-19/h14H,4-13H2,1-3H3/b19-14-. The van der Waals surface area contributed by atoms with Gasteiger partial charge in [-0.3, -0.25) is 19.1 Å². The molecule has 1 aromatic heterocycles. The zero-order valence-electron chi connectivity index (χ0n) is 19.0. The van der Waals surface area contributed by atoms with Gasteiger partial charge >= 0.3 is 0 Å². The van der Waals surface area contributed by atoms with Gasteiger partial charge in [-0.05, 0) is 31.4 Å². The van der Waals surface area contributed by atoms with Gasteiger partial charge in [-0.2, -0.15) is 5.26 Å². The summed E-state index contributed by atoms with van der Waals surface area (Å²) in [5.41, 5.74) is 1.21. The van der Waals surface area contributed by atoms with Gasteiger partial charge < -0.3 is 9.64 Å². The highest BCUT2D eigenvalue weighted by molar-refractivity contribution is 8.26. The van der Waals surface area contributed by atoms with Crippen LogP contribution < -0.4 is 10.5 Å². The van der Waals surface area contributed by atoms with E-state index in [4.69, 9.17) is 17.0 Å². The first-order valence-corrected chi connectivity index (χ1v) is 12.4. The zero-order chi connectivity index (χ0) is 23.3. The summed E-state index contributed by atoms with van der Waals surface area (Å²) < 4.78 is 7.79. The van der Waals surface area contributed by atoms with Gasteiger partial charge in [0.25, 0.3) is 11.5 Å². The monoisotopic (exact) mass is 474 g/mol. The summed E-state index contributed by atoms with van der Waals surface area (Å²) in [5, 5.41) is 9.75. The average molecular weight is 475 g/mol. The Hall–Kier alpha value is -2.15. The number of nitriles is 1. The number of hydrogen-bond acceptors (Lipinski definition) is 7. The first-order valence-electron chi connectivity index (χ1n) is 11.2. The molecule has 0 saturated carbocycles. The highest BCUT2D eigenvalue weighted by Crippen LogP contribution is 2.36. The van der Waals surface area contributed by atoms with E-state index >= 15 is 0 Å². The third-order valence-electron chi connectivity index (χ3n) is 5.78. The number of nitrogens with zero attached hydrogens (tertiary/aromatic N) is 4. The Kier molecular flexibility index (Phi) is 8.51. The largest absolute Gasteiger partial charge is 0.378 e. The second kappa shape index (κ2) is 11.1. The number of anilines is 1. The van der Waals surface area contributed by atoms with E-state index in [2.05, 4.69) is 24.8 Å². The molecule has 32 heavy (non-hydrogen) atoms. The minimum absolute atomic E-state index is 0.106. The molecular formula is C23H30N4O3S2. The molecule has 3 heterocycles. The lowest BCUT2D eigenvalue weighted by atomic mass is 10.0. The number of thioether (sulfide) groups is 1. The summed E-state index contributed by atoms with van der Waals surface area (Å²) in [7, 11) is 0. The maximum atomic E-state index is 13.2. The highest BCUT2D eigenvalue weighted by atomic mass is 32.2. The van der Waals surface area contributed by atoms with E-state index in [0.29, 0.717) is 54.2 Å². The molecule has 1 amide bonds. The number of unbranched alkanes of at least 4 members (excludes halogenated alkanes) is 2. The molecule has 0 spiro atoms. The molecule has 0 radical (unpaired) electrons. The van der Waals surface area contributed by atoms with Crippen molar-refractivity contribution in [3.63, 3.8) is 0 Å². The fourth-order valence-electron chi connectivity index (χ4n) is 3.92. The third kappa shape index (κ3) is 4.92. The number of pyridine rings is 1. The Bertz CT molecular complexity index is 1020. The van der Waals surface area contributed by atoms with E-state index in [0.717, 1.165) is 37.1 Å².